The number of thiophene rings is 1. The van der Waals surface area contributed by atoms with Crippen LogP contribution in [0, 0.1) is 0 Å². The van der Waals surface area contributed by atoms with Crippen molar-refractivity contribution in [2.75, 3.05) is 13.6 Å². The molecule has 28 heavy (non-hydrogen) atoms. The molecule has 0 fully saturated rings. The van der Waals surface area contributed by atoms with E-state index in [4.69, 9.17) is 0 Å². The van der Waals surface area contributed by atoms with Crippen molar-refractivity contribution in [1.29, 1.82) is 0 Å². The molecule has 0 aliphatic heterocycles. The fourth-order valence-electron chi connectivity index (χ4n) is 3.17. The molecule has 0 saturated carbocycles. The van der Waals surface area contributed by atoms with E-state index >= 15 is 0 Å². The number of amides is 1. The van der Waals surface area contributed by atoms with E-state index < -0.39 is 5.69 Å². The van der Waals surface area contributed by atoms with E-state index in [0.717, 1.165) is 17.7 Å². The van der Waals surface area contributed by atoms with Crippen LogP contribution in [0.5, 0.6) is 0 Å². The van der Waals surface area contributed by atoms with Gasteiger partial charge in [-0.05, 0) is 36.4 Å². The van der Waals surface area contributed by atoms with Gasteiger partial charge in [0.1, 0.15) is 6.54 Å². The van der Waals surface area contributed by atoms with Crippen molar-refractivity contribution in [2.24, 2.45) is 0 Å². The van der Waals surface area contributed by atoms with E-state index in [-0.39, 0.29) is 18.0 Å². The van der Waals surface area contributed by atoms with Gasteiger partial charge in [0.2, 0.25) is 5.91 Å². The van der Waals surface area contributed by atoms with Crippen molar-refractivity contribution < 1.29 is 4.79 Å². The number of benzene rings is 1. The Hall–Kier alpha value is -2.67. The number of likely N-dealkylation sites (N-methyl/N-ethyl adjacent to an activating group) is 1. The topological polar surface area (TPSA) is 64.3 Å². The number of carbonyl (C=O) groups excluding carboxylic acids is 1. The van der Waals surface area contributed by atoms with E-state index in [2.05, 4.69) is 6.92 Å². The molecule has 0 N–H and O–H groups in total. The minimum absolute atomic E-state index is 0.0706. The molecule has 0 aliphatic rings. The highest BCUT2D eigenvalue weighted by molar-refractivity contribution is 7.09. The van der Waals surface area contributed by atoms with Crippen LogP contribution in [-0.4, -0.2) is 33.5 Å². The summed E-state index contributed by atoms with van der Waals surface area (Å²) in [4.78, 5) is 41.4. The molecule has 0 radical (unpaired) electrons. The average Bonchev–Trinajstić information content (AvgIpc) is 3.22. The first-order valence-electron chi connectivity index (χ1n) is 9.51. The summed E-state index contributed by atoms with van der Waals surface area (Å²) in [5.41, 5.74) is -0.236. The highest BCUT2D eigenvalue weighted by Crippen LogP contribution is 2.11. The maximum atomic E-state index is 13.1. The number of nitrogens with zero attached hydrogens (tertiary/aromatic N) is 3. The van der Waals surface area contributed by atoms with Crippen LogP contribution < -0.4 is 11.2 Å². The number of hydrogen-bond acceptors (Lipinski definition) is 4. The monoisotopic (exact) mass is 399 g/mol. The normalized spacial score (nSPS) is 11.1. The van der Waals surface area contributed by atoms with Gasteiger partial charge in [-0.2, -0.15) is 0 Å². The Bertz CT molecular complexity index is 1070. The number of fused-ring (bicyclic) bond motifs is 1. The Morgan fingerprint density at radius 3 is 2.61 bits per heavy atom. The van der Waals surface area contributed by atoms with Gasteiger partial charge in [0.15, 0.2) is 0 Å². The Labute approximate surface area is 167 Å². The van der Waals surface area contributed by atoms with Crippen LogP contribution in [0.3, 0.4) is 0 Å². The summed E-state index contributed by atoms with van der Waals surface area (Å²) in [7, 11) is 1.75. The maximum absolute atomic E-state index is 13.1. The van der Waals surface area contributed by atoms with Crippen molar-refractivity contribution in [3.63, 3.8) is 0 Å². The molecular weight excluding hydrogens is 374 g/mol. The van der Waals surface area contributed by atoms with Crippen LogP contribution in [0.25, 0.3) is 10.9 Å². The zero-order chi connectivity index (χ0) is 20.1. The number of rotatable bonds is 8. The van der Waals surface area contributed by atoms with Crippen molar-refractivity contribution in [3.05, 3.63) is 67.5 Å². The van der Waals surface area contributed by atoms with Gasteiger partial charge in [0.05, 0.1) is 10.9 Å². The molecule has 0 aliphatic carbocycles. The highest BCUT2D eigenvalue weighted by Gasteiger charge is 2.17. The third-order valence-electron chi connectivity index (χ3n) is 4.86. The fraction of sp³-hybridized carbons (Fsp3) is 0.381. The third-order valence-corrected chi connectivity index (χ3v) is 5.80. The number of aromatic nitrogens is 2. The molecule has 2 aromatic heterocycles. The molecular formula is C21H25N3O3S. The van der Waals surface area contributed by atoms with Gasteiger partial charge in [0, 0.05) is 25.0 Å². The fourth-order valence-corrected chi connectivity index (χ4v) is 3.87. The predicted molar refractivity (Wildman–Crippen MR) is 113 cm³/mol. The van der Waals surface area contributed by atoms with Crippen LogP contribution >= 0.6 is 11.3 Å². The summed E-state index contributed by atoms with van der Waals surface area (Å²) in [5, 5.41) is 2.43. The molecule has 3 aromatic rings. The number of para-hydroxylation sites is 1. The van der Waals surface area contributed by atoms with Crippen molar-refractivity contribution in [1.82, 2.24) is 14.0 Å². The first-order valence-corrected chi connectivity index (χ1v) is 10.4. The molecule has 0 spiro atoms. The third kappa shape index (κ3) is 4.25. The van der Waals surface area contributed by atoms with Gasteiger partial charge in [-0.25, -0.2) is 4.79 Å². The molecule has 1 amide bonds. The van der Waals surface area contributed by atoms with Gasteiger partial charge >= 0.3 is 5.69 Å². The number of hydrogen-bond donors (Lipinski definition) is 0. The Kier molecular flexibility index (Phi) is 6.46. The molecule has 3 rings (SSSR count). The minimum atomic E-state index is -0.433. The summed E-state index contributed by atoms with van der Waals surface area (Å²) < 4.78 is 2.68. The second kappa shape index (κ2) is 9.01. The molecule has 0 saturated heterocycles. The smallest absolute Gasteiger partial charge is 0.331 e. The molecule has 6 nitrogen and oxygen atoms in total. The van der Waals surface area contributed by atoms with E-state index in [9.17, 15) is 14.4 Å². The Morgan fingerprint density at radius 2 is 1.89 bits per heavy atom. The molecule has 7 heteroatoms. The summed E-state index contributed by atoms with van der Waals surface area (Å²) in [6, 6.07) is 10.9. The molecule has 0 atom stereocenters. The predicted octanol–water partition coefficient (Wildman–Crippen LogP) is 2.73. The number of carbonyl (C=O) groups is 1. The molecule has 0 unspecified atom stereocenters. The van der Waals surface area contributed by atoms with Crippen LogP contribution in [0.4, 0.5) is 0 Å². The van der Waals surface area contributed by atoms with Crippen LogP contribution in [0.15, 0.2) is 51.4 Å². The second-order valence-electron chi connectivity index (χ2n) is 6.84. The van der Waals surface area contributed by atoms with E-state index in [1.165, 1.54) is 9.13 Å². The van der Waals surface area contributed by atoms with Gasteiger partial charge in [-0.3, -0.25) is 18.7 Å². The first kappa shape index (κ1) is 20.1. The lowest BCUT2D eigenvalue weighted by molar-refractivity contribution is -0.130. The molecule has 0 bridgehead atoms. The van der Waals surface area contributed by atoms with Crippen LogP contribution in [0.2, 0.25) is 0 Å². The second-order valence-corrected chi connectivity index (χ2v) is 7.87. The summed E-state index contributed by atoms with van der Waals surface area (Å²) in [6.45, 7) is 2.95. The van der Waals surface area contributed by atoms with Crippen LogP contribution in [-0.2, 0) is 24.3 Å². The average molecular weight is 400 g/mol. The minimum Gasteiger partial charge on any atom is -0.344 e. The zero-order valence-corrected chi connectivity index (χ0v) is 17.1. The number of unbranched alkanes of at least 4 members (excludes halogenated alkanes) is 1. The maximum Gasteiger partial charge on any atom is 0.331 e. The lowest BCUT2D eigenvalue weighted by atomic mass is 10.2. The van der Waals surface area contributed by atoms with Crippen molar-refractivity contribution in [2.45, 2.75) is 39.3 Å². The first-order chi connectivity index (χ1) is 13.5. The molecule has 1 aromatic carbocycles. The largest absolute Gasteiger partial charge is 0.344 e. The molecule has 148 valence electrons. The van der Waals surface area contributed by atoms with Crippen molar-refractivity contribution in [3.8, 4) is 0 Å². The lowest BCUT2D eigenvalue weighted by Gasteiger charge is -2.19. The van der Waals surface area contributed by atoms with E-state index in [1.54, 1.807) is 47.5 Å². The quantitative estimate of drug-likeness (QED) is 0.585. The van der Waals surface area contributed by atoms with Crippen molar-refractivity contribution >= 4 is 28.1 Å². The Morgan fingerprint density at radius 1 is 1.11 bits per heavy atom. The highest BCUT2D eigenvalue weighted by atomic mass is 32.1. The lowest BCUT2D eigenvalue weighted by Crippen LogP contribution is -2.43. The Balaban J connectivity index is 1.99. The summed E-state index contributed by atoms with van der Waals surface area (Å²) in [5.74, 6) is -0.135. The summed E-state index contributed by atoms with van der Waals surface area (Å²) >= 11 is 1.60. The van der Waals surface area contributed by atoms with E-state index in [0.29, 0.717) is 30.4 Å². The molecule has 2 heterocycles. The van der Waals surface area contributed by atoms with Gasteiger partial charge in [0.25, 0.3) is 5.56 Å². The van der Waals surface area contributed by atoms with Crippen LogP contribution in [0.1, 0.15) is 24.6 Å². The van der Waals surface area contributed by atoms with Gasteiger partial charge in [-0.1, -0.05) is 31.5 Å². The zero-order valence-electron chi connectivity index (χ0n) is 16.3. The summed E-state index contributed by atoms with van der Waals surface area (Å²) in [6.07, 6.45) is 2.52. The van der Waals surface area contributed by atoms with E-state index in [1.807, 2.05) is 17.5 Å². The van der Waals surface area contributed by atoms with Gasteiger partial charge < -0.3 is 4.90 Å². The standard InChI is InChI=1S/C21H25N3O3S/c1-3-4-12-22(2)19(25)15-24-18-10-6-5-9-17(18)20(26)23(21(24)27)13-11-16-8-7-14-28-16/h5-10,14H,3-4,11-13,15H2,1-2H3. The number of aryl methyl sites for hydroxylation is 1. The van der Waals surface area contributed by atoms with Gasteiger partial charge in [-0.15, -0.1) is 11.3 Å². The SMILES string of the molecule is CCCCN(C)C(=O)Cn1c(=O)n(CCc2cccs2)c(=O)c2ccccc21.